The second kappa shape index (κ2) is 4.67. The van der Waals surface area contributed by atoms with E-state index in [1.807, 2.05) is 4.90 Å². The Bertz CT molecular complexity index is 282. The van der Waals surface area contributed by atoms with Crippen LogP contribution in [0.3, 0.4) is 0 Å². The van der Waals surface area contributed by atoms with Gasteiger partial charge in [0.25, 0.3) is 0 Å². The molecule has 0 aromatic rings. The molecule has 0 radical (unpaired) electrons. The van der Waals surface area contributed by atoms with Gasteiger partial charge in [-0.2, -0.15) is 0 Å². The standard InChI is InChI=1S/C12H18N2O/c1-2-3-4-8-14-9-11-10(12(14)15)6-5-7-13-11/h1,10-11,13H,3-9H2. The lowest BCUT2D eigenvalue weighted by molar-refractivity contribution is -0.131. The number of piperidine rings is 1. The van der Waals surface area contributed by atoms with Gasteiger partial charge in [0.05, 0.1) is 5.92 Å². The van der Waals surface area contributed by atoms with Gasteiger partial charge in [0, 0.05) is 25.6 Å². The molecule has 2 unspecified atom stereocenters. The zero-order chi connectivity index (χ0) is 10.7. The number of terminal acetylenes is 1. The lowest BCUT2D eigenvalue weighted by Crippen LogP contribution is -2.41. The molecule has 2 heterocycles. The van der Waals surface area contributed by atoms with Gasteiger partial charge in [0.15, 0.2) is 0 Å². The Hall–Kier alpha value is -1.01. The minimum Gasteiger partial charge on any atom is -0.341 e. The van der Waals surface area contributed by atoms with Crippen LogP contribution in [0.5, 0.6) is 0 Å². The molecule has 0 aromatic heterocycles. The first-order valence-electron chi connectivity index (χ1n) is 5.78. The zero-order valence-electron chi connectivity index (χ0n) is 9.04. The highest BCUT2D eigenvalue weighted by atomic mass is 16.2. The first-order valence-corrected chi connectivity index (χ1v) is 5.78. The van der Waals surface area contributed by atoms with Gasteiger partial charge in [-0.3, -0.25) is 4.79 Å². The zero-order valence-corrected chi connectivity index (χ0v) is 9.04. The van der Waals surface area contributed by atoms with Gasteiger partial charge in [-0.25, -0.2) is 0 Å². The van der Waals surface area contributed by atoms with E-state index in [0.29, 0.717) is 11.9 Å². The van der Waals surface area contributed by atoms with E-state index in [1.54, 1.807) is 0 Å². The predicted molar refractivity (Wildman–Crippen MR) is 59.2 cm³/mol. The molecule has 82 valence electrons. The molecule has 2 aliphatic rings. The number of unbranched alkanes of at least 4 members (excludes halogenated alkanes) is 1. The second-order valence-corrected chi connectivity index (χ2v) is 4.40. The summed E-state index contributed by atoms with van der Waals surface area (Å²) >= 11 is 0. The number of likely N-dealkylation sites (tertiary alicyclic amines) is 1. The summed E-state index contributed by atoms with van der Waals surface area (Å²) in [4.78, 5) is 13.9. The van der Waals surface area contributed by atoms with Gasteiger partial charge >= 0.3 is 0 Å². The molecule has 1 amide bonds. The predicted octanol–water partition coefficient (Wildman–Crippen LogP) is 0.610. The number of fused-ring (bicyclic) bond motifs is 1. The molecule has 0 aromatic carbocycles. The fraction of sp³-hybridized carbons (Fsp3) is 0.750. The van der Waals surface area contributed by atoms with Crippen molar-refractivity contribution < 1.29 is 4.79 Å². The summed E-state index contributed by atoms with van der Waals surface area (Å²) in [5.74, 6) is 3.19. The van der Waals surface area contributed by atoms with Crippen LogP contribution in [0.15, 0.2) is 0 Å². The average Bonchev–Trinajstić information content (AvgIpc) is 2.57. The van der Waals surface area contributed by atoms with Crippen molar-refractivity contribution in [3.63, 3.8) is 0 Å². The van der Waals surface area contributed by atoms with E-state index in [1.165, 1.54) is 0 Å². The van der Waals surface area contributed by atoms with Crippen molar-refractivity contribution in [2.24, 2.45) is 5.92 Å². The minimum atomic E-state index is 0.240. The summed E-state index contributed by atoms with van der Waals surface area (Å²) in [5.41, 5.74) is 0. The Balaban J connectivity index is 1.87. The fourth-order valence-electron chi connectivity index (χ4n) is 2.58. The molecule has 3 nitrogen and oxygen atoms in total. The van der Waals surface area contributed by atoms with Gasteiger partial charge in [-0.1, -0.05) is 0 Å². The van der Waals surface area contributed by atoms with E-state index >= 15 is 0 Å². The van der Waals surface area contributed by atoms with Crippen molar-refractivity contribution in [3.05, 3.63) is 0 Å². The van der Waals surface area contributed by atoms with E-state index in [2.05, 4.69) is 11.2 Å². The summed E-state index contributed by atoms with van der Waals surface area (Å²) in [7, 11) is 0. The van der Waals surface area contributed by atoms with Crippen molar-refractivity contribution in [1.82, 2.24) is 10.2 Å². The molecular formula is C12H18N2O. The van der Waals surface area contributed by atoms with E-state index < -0.39 is 0 Å². The maximum absolute atomic E-state index is 12.0. The summed E-state index contributed by atoms with van der Waals surface area (Å²) in [5, 5.41) is 3.43. The van der Waals surface area contributed by atoms with Crippen LogP contribution in [-0.4, -0.2) is 36.5 Å². The van der Waals surface area contributed by atoms with Crippen molar-refractivity contribution in [2.45, 2.75) is 31.7 Å². The van der Waals surface area contributed by atoms with E-state index in [4.69, 9.17) is 6.42 Å². The normalized spacial score (nSPS) is 30.1. The number of hydrogen-bond acceptors (Lipinski definition) is 2. The molecule has 2 fully saturated rings. The Morgan fingerprint density at radius 3 is 3.20 bits per heavy atom. The van der Waals surface area contributed by atoms with Crippen LogP contribution in [-0.2, 0) is 4.79 Å². The first kappa shape index (κ1) is 10.5. The molecule has 2 rings (SSSR count). The third kappa shape index (κ3) is 2.15. The summed E-state index contributed by atoms with van der Waals surface area (Å²) < 4.78 is 0. The topological polar surface area (TPSA) is 32.3 Å². The van der Waals surface area contributed by atoms with Crippen molar-refractivity contribution in [3.8, 4) is 12.3 Å². The Morgan fingerprint density at radius 2 is 2.47 bits per heavy atom. The molecule has 0 saturated carbocycles. The maximum atomic E-state index is 12.0. The monoisotopic (exact) mass is 206 g/mol. The number of rotatable bonds is 3. The van der Waals surface area contributed by atoms with Crippen molar-refractivity contribution in [1.29, 1.82) is 0 Å². The van der Waals surface area contributed by atoms with Gasteiger partial charge in [-0.15, -0.1) is 12.3 Å². The third-order valence-corrected chi connectivity index (χ3v) is 3.38. The van der Waals surface area contributed by atoms with Crippen molar-refractivity contribution >= 4 is 5.91 Å². The highest BCUT2D eigenvalue weighted by Gasteiger charge is 2.40. The quantitative estimate of drug-likeness (QED) is 0.542. The first-order chi connectivity index (χ1) is 7.33. The van der Waals surface area contributed by atoms with Gasteiger partial charge < -0.3 is 10.2 Å². The lowest BCUT2D eigenvalue weighted by atomic mass is 9.94. The molecule has 2 saturated heterocycles. The molecule has 1 N–H and O–H groups in total. The molecule has 0 bridgehead atoms. The van der Waals surface area contributed by atoms with Crippen LogP contribution in [0.4, 0.5) is 0 Å². The Morgan fingerprint density at radius 1 is 1.60 bits per heavy atom. The summed E-state index contributed by atoms with van der Waals surface area (Å²) in [6, 6.07) is 0.400. The van der Waals surface area contributed by atoms with Gasteiger partial charge in [0.2, 0.25) is 5.91 Å². The number of nitrogens with zero attached hydrogens (tertiary/aromatic N) is 1. The van der Waals surface area contributed by atoms with Crippen molar-refractivity contribution in [2.75, 3.05) is 19.6 Å². The number of carbonyl (C=O) groups excluding carboxylic acids is 1. The van der Waals surface area contributed by atoms with Crippen LogP contribution in [0.1, 0.15) is 25.7 Å². The van der Waals surface area contributed by atoms with Crippen LogP contribution in [0.2, 0.25) is 0 Å². The Kier molecular flexibility index (Phi) is 3.27. The van der Waals surface area contributed by atoms with Gasteiger partial charge in [0.1, 0.15) is 0 Å². The summed E-state index contributed by atoms with van der Waals surface area (Å²) in [6.07, 6.45) is 9.09. The average molecular weight is 206 g/mol. The Labute approximate surface area is 91.2 Å². The molecule has 15 heavy (non-hydrogen) atoms. The highest BCUT2D eigenvalue weighted by Crippen LogP contribution is 2.26. The molecule has 2 atom stereocenters. The van der Waals surface area contributed by atoms with Crippen LogP contribution in [0.25, 0.3) is 0 Å². The van der Waals surface area contributed by atoms with Crippen LogP contribution < -0.4 is 5.32 Å². The number of carbonyl (C=O) groups is 1. The number of nitrogens with one attached hydrogen (secondary N) is 1. The van der Waals surface area contributed by atoms with E-state index in [0.717, 1.165) is 45.3 Å². The molecule has 0 aliphatic carbocycles. The number of hydrogen-bond donors (Lipinski definition) is 1. The molecular weight excluding hydrogens is 188 g/mol. The maximum Gasteiger partial charge on any atom is 0.227 e. The smallest absolute Gasteiger partial charge is 0.227 e. The van der Waals surface area contributed by atoms with Gasteiger partial charge in [-0.05, 0) is 25.8 Å². The minimum absolute atomic E-state index is 0.240. The molecule has 2 aliphatic heterocycles. The number of amides is 1. The highest BCUT2D eigenvalue weighted by molar-refractivity contribution is 5.82. The SMILES string of the molecule is C#CCCCN1CC2NCCCC2C1=O. The fourth-order valence-corrected chi connectivity index (χ4v) is 2.58. The molecule has 3 heteroatoms. The summed E-state index contributed by atoms with van der Waals surface area (Å²) in [6.45, 7) is 2.78. The largest absolute Gasteiger partial charge is 0.341 e. The third-order valence-electron chi connectivity index (χ3n) is 3.38. The lowest BCUT2D eigenvalue weighted by Gasteiger charge is -2.23. The van der Waals surface area contributed by atoms with E-state index in [9.17, 15) is 4.79 Å². The van der Waals surface area contributed by atoms with E-state index in [-0.39, 0.29) is 5.92 Å². The second-order valence-electron chi connectivity index (χ2n) is 4.40. The van der Waals surface area contributed by atoms with Crippen LogP contribution >= 0.6 is 0 Å². The molecule has 0 spiro atoms. The van der Waals surface area contributed by atoms with Crippen LogP contribution in [0, 0.1) is 18.3 Å².